The SMILES string of the molecule is CC(C)(C)OC(=O)/C=C/C#Cc1ccccc1. The molecule has 2 heteroatoms. The molecule has 0 fully saturated rings. The smallest absolute Gasteiger partial charge is 0.331 e. The van der Waals surface area contributed by atoms with Crippen molar-refractivity contribution in [3.05, 3.63) is 48.0 Å². The Bertz CT molecular complexity index is 453. The molecule has 0 spiro atoms. The highest BCUT2D eigenvalue weighted by Gasteiger charge is 2.13. The second kappa shape index (κ2) is 5.91. The number of esters is 1. The molecule has 0 aromatic heterocycles. The maximum absolute atomic E-state index is 11.3. The van der Waals surface area contributed by atoms with Crippen molar-refractivity contribution in [3.8, 4) is 11.8 Å². The van der Waals surface area contributed by atoms with Crippen LogP contribution in [0.1, 0.15) is 26.3 Å². The fraction of sp³-hybridized carbons (Fsp3) is 0.267. The summed E-state index contributed by atoms with van der Waals surface area (Å²) >= 11 is 0. The van der Waals surface area contributed by atoms with Gasteiger partial charge in [0.15, 0.2) is 0 Å². The van der Waals surface area contributed by atoms with Crippen LogP contribution in [0.5, 0.6) is 0 Å². The average Bonchev–Trinajstić information content (AvgIpc) is 2.23. The first-order chi connectivity index (χ1) is 7.97. The van der Waals surface area contributed by atoms with Gasteiger partial charge < -0.3 is 4.74 Å². The van der Waals surface area contributed by atoms with Gasteiger partial charge in [-0.1, -0.05) is 30.0 Å². The molecule has 17 heavy (non-hydrogen) atoms. The monoisotopic (exact) mass is 228 g/mol. The lowest BCUT2D eigenvalue weighted by molar-refractivity contribution is -0.148. The number of hydrogen-bond donors (Lipinski definition) is 0. The lowest BCUT2D eigenvalue weighted by Gasteiger charge is -2.17. The fourth-order valence-corrected chi connectivity index (χ4v) is 1.09. The molecule has 1 rings (SSSR count). The molecule has 1 aromatic carbocycles. The van der Waals surface area contributed by atoms with Gasteiger partial charge in [0.2, 0.25) is 0 Å². The van der Waals surface area contributed by atoms with E-state index in [-0.39, 0.29) is 5.97 Å². The number of hydrogen-bond acceptors (Lipinski definition) is 2. The molecular formula is C15H16O2. The molecule has 0 aliphatic heterocycles. The predicted octanol–water partition coefficient (Wildman–Crippen LogP) is 2.94. The fourth-order valence-electron chi connectivity index (χ4n) is 1.09. The van der Waals surface area contributed by atoms with Gasteiger partial charge in [0.1, 0.15) is 5.60 Å². The third-order valence-corrected chi connectivity index (χ3v) is 1.70. The van der Waals surface area contributed by atoms with E-state index in [1.165, 1.54) is 12.2 Å². The van der Waals surface area contributed by atoms with Crippen molar-refractivity contribution in [1.29, 1.82) is 0 Å². The summed E-state index contributed by atoms with van der Waals surface area (Å²) < 4.78 is 5.10. The summed E-state index contributed by atoms with van der Waals surface area (Å²) in [7, 11) is 0. The minimum absolute atomic E-state index is 0.375. The summed E-state index contributed by atoms with van der Waals surface area (Å²) in [6.45, 7) is 5.48. The van der Waals surface area contributed by atoms with Gasteiger partial charge in [-0.25, -0.2) is 4.79 Å². The Morgan fingerprint density at radius 3 is 2.47 bits per heavy atom. The molecule has 0 aliphatic carbocycles. The zero-order valence-electron chi connectivity index (χ0n) is 10.4. The zero-order chi connectivity index (χ0) is 12.7. The molecule has 0 amide bonds. The number of carbonyl (C=O) groups is 1. The summed E-state index contributed by atoms with van der Waals surface area (Å²) in [4.78, 5) is 11.3. The van der Waals surface area contributed by atoms with E-state index in [0.29, 0.717) is 0 Å². The van der Waals surface area contributed by atoms with Crippen LogP contribution in [-0.4, -0.2) is 11.6 Å². The van der Waals surface area contributed by atoms with Gasteiger partial charge in [-0.05, 0) is 39.0 Å². The van der Waals surface area contributed by atoms with Crippen molar-refractivity contribution in [3.63, 3.8) is 0 Å². The molecule has 0 atom stereocenters. The van der Waals surface area contributed by atoms with Crippen LogP contribution in [0.15, 0.2) is 42.5 Å². The number of rotatable bonds is 1. The van der Waals surface area contributed by atoms with Gasteiger partial charge in [0, 0.05) is 11.6 Å². The van der Waals surface area contributed by atoms with E-state index >= 15 is 0 Å². The predicted molar refractivity (Wildman–Crippen MR) is 68.3 cm³/mol. The number of carbonyl (C=O) groups excluding carboxylic acids is 1. The maximum atomic E-state index is 11.3. The quantitative estimate of drug-likeness (QED) is 0.419. The first-order valence-corrected chi connectivity index (χ1v) is 5.43. The topological polar surface area (TPSA) is 26.3 Å². The zero-order valence-corrected chi connectivity index (χ0v) is 10.4. The Hall–Kier alpha value is -2.01. The van der Waals surface area contributed by atoms with Crippen molar-refractivity contribution in [1.82, 2.24) is 0 Å². The largest absolute Gasteiger partial charge is 0.457 e. The van der Waals surface area contributed by atoms with Crippen LogP contribution < -0.4 is 0 Å². The van der Waals surface area contributed by atoms with Gasteiger partial charge in [-0.3, -0.25) is 0 Å². The lowest BCUT2D eigenvalue weighted by atomic mass is 10.2. The third kappa shape index (κ3) is 6.21. The molecule has 0 saturated heterocycles. The summed E-state index contributed by atoms with van der Waals surface area (Å²) in [5, 5.41) is 0. The highest BCUT2D eigenvalue weighted by molar-refractivity contribution is 5.82. The van der Waals surface area contributed by atoms with Crippen LogP contribution in [-0.2, 0) is 9.53 Å². The van der Waals surface area contributed by atoms with Crippen molar-refractivity contribution in [2.75, 3.05) is 0 Å². The molecular weight excluding hydrogens is 212 g/mol. The number of ether oxygens (including phenoxy) is 1. The van der Waals surface area contributed by atoms with Gasteiger partial charge in [0.25, 0.3) is 0 Å². The van der Waals surface area contributed by atoms with Crippen LogP contribution in [0.25, 0.3) is 0 Å². The van der Waals surface area contributed by atoms with Crippen LogP contribution in [0, 0.1) is 11.8 Å². The van der Waals surface area contributed by atoms with Gasteiger partial charge in [-0.15, -0.1) is 0 Å². The molecule has 0 aliphatic rings. The van der Waals surface area contributed by atoms with E-state index in [1.807, 2.05) is 51.1 Å². The van der Waals surface area contributed by atoms with Crippen molar-refractivity contribution >= 4 is 5.97 Å². The maximum Gasteiger partial charge on any atom is 0.331 e. The van der Waals surface area contributed by atoms with E-state index in [2.05, 4.69) is 11.8 Å². The first kappa shape index (κ1) is 13.1. The molecule has 0 heterocycles. The second-order valence-electron chi connectivity index (χ2n) is 4.50. The average molecular weight is 228 g/mol. The van der Waals surface area contributed by atoms with Crippen LogP contribution in [0.4, 0.5) is 0 Å². The standard InChI is InChI=1S/C15H16O2/c1-15(2,3)17-14(16)12-8-7-11-13-9-5-4-6-10-13/h4-6,8-10,12H,1-3H3/b12-8+. The van der Waals surface area contributed by atoms with E-state index in [4.69, 9.17) is 4.74 Å². The lowest BCUT2D eigenvalue weighted by Crippen LogP contribution is -2.22. The first-order valence-electron chi connectivity index (χ1n) is 5.43. The summed E-state index contributed by atoms with van der Waals surface area (Å²) in [6.07, 6.45) is 2.84. The molecule has 2 nitrogen and oxygen atoms in total. The van der Waals surface area contributed by atoms with Gasteiger partial charge in [-0.2, -0.15) is 0 Å². The number of benzene rings is 1. The third-order valence-electron chi connectivity index (χ3n) is 1.70. The van der Waals surface area contributed by atoms with Gasteiger partial charge >= 0.3 is 5.97 Å². The molecule has 0 radical (unpaired) electrons. The van der Waals surface area contributed by atoms with Crippen LogP contribution in [0.3, 0.4) is 0 Å². The minimum Gasteiger partial charge on any atom is -0.457 e. The van der Waals surface area contributed by atoms with E-state index in [9.17, 15) is 4.79 Å². The molecule has 0 bridgehead atoms. The summed E-state index contributed by atoms with van der Waals surface area (Å²) in [5.74, 6) is 5.33. The normalized spacial score (nSPS) is 10.8. The Balaban J connectivity index is 2.52. The van der Waals surface area contributed by atoms with Crippen molar-refractivity contribution in [2.45, 2.75) is 26.4 Å². The molecule has 0 N–H and O–H groups in total. The van der Waals surface area contributed by atoms with Crippen molar-refractivity contribution < 1.29 is 9.53 Å². The molecule has 88 valence electrons. The minimum atomic E-state index is -0.464. The molecule has 1 aromatic rings. The molecule has 0 saturated carbocycles. The Morgan fingerprint density at radius 2 is 1.88 bits per heavy atom. The van der Waals surface area contributed by atoms with Crippen molar-refractivity contribution in [2.24, 2.45) is 0 Å². The Morgan fingerprint density at radius 1 is 1.24 bits per heavy atom. The van der Waals surface area contributed by atoms with E-state index in [0.717, 1.165) is 5.56 Å². The van der Waals surface area contributed by atoms with E-state index < -0.39 is 5.60 Å². The van der Waals surface area contributed by atoms with Crippen LogP contribution in [0.2, 0.25) is 0 Å². The highest BCUT2D eigenvalue weighted by atomic mass is 16.6. The molecule has 0 unspecified atom stereocenters. The van der Waals surface area contributed by atoms with Gasteiger partial charge in [0.05, 0.1) is 0 Å². The highest BCUT2D eigenvalue weighted by Crippen LogP contribution is 2.06. The van der Waals surface area contributed by atoms with E-state index in [1.54, 1.807) is 0 Å². The second-order valence-corrected chi connectivity index (χ2v) is 4.50. The number of allylic oxidation sites excluding steroid dienone is 1. The Kier molecular flexibility index (Phi) is 4.54. The Labute approximate surface area is 102 Å². The van der Waals surface area contributed by atoms with Crippen LogP contribution >= 0.6 is 0 Å². The summed E-state index contributed by atoms with van der Waals surface area (Å²) in [6, 6.07) is 9.59. The summed E-state index contributed by atoms with van der Waals surface area (Å²) in [5.41, 5.74) is 0.454.